The third-order valence-electron chi connectivity index (χ3n) is 3.28. The Morgan fingerprint density at radius 1 is 0.895 bits per heavy atom. The highest BCUT2D eigenvalue weighted by atomic mass is 16.1. The SMILES string of the molecule is CC(C)(C)c1ccc(CC(=O)c2ccccc2)cc1. The number of carbonyl (C=O) groups is 1. The summed E-state index contributed by atoms with van der Waals surface area (Å²) in [4.78, 5) is 12.1. The summed E-state index contributed by atoms with van der Waals surface area (Å²) in [6, 6.07) is 17.8. The summed E-state index contributed by atoms with van der Waals surface area (Å²) in [5.74, 6) is 0.170. The van der Waals surface area contributed by atoms with Crippen molar-refractivity contribution in [3.05, 3.63) is 71.3 Å². The highest BCUT2D eigenvalue weighted by molar-refractivity contribution is 5.97. The molecule has 2 aromatic carbocycles. The van der Waals surface area contributed by atoms with E-state index in [9.17, 15) is 4.79 Å². The van der Waals surface area contributed by atoms with Crippen molar-refractivity contribution in [3.63, 3.8) is 0 Å². The van der Waals surface area contributed by atoms with Gasteiger partial charge < -0.3 is 0 Å². The smallest absolute Gasteiger partial charge is 0.167 e. The van der Waals surface area contributed by atoms with E-state index in [0.29, 0.717) is 6.42 Å². The zero-order valence-electron chi connectivity index (χ0n) is 11.8. The van der Waals surface area contributed by atoms with Crippen LogP contribution in [0.25, 0.3) is 0 Å². The summed E-state index contributed by atoms with van der Waals surface area (Å²) >= 11 is 0. The molecule has 0 aromatic heterocycles. The quantitative estimate of drug-likeness (QED) is 0.739. The van der Waals surface area contributed by atoms with E-state index >= 15 is 0 Å². The molecule has 98 valence electrons. The van der Waals surface area contributed by atoms with E-state index in [1.807, 2.05) is 30.3 Å². The largest absolute Gasteiger partial charge is 0.294 e. The van der Waals surface area contributed by atoms with Crippen molar-refractivity contribution in [2.24, 2.45) is 0 Å². The van der Waals surface area contributed by atoms with Crippen LogP contribution >= 0.6 is 0 Å². The fraction of sp³-hybridized carbons (Fsp3) is 0.278. The van der Waals surface area contributed by atoms with Gasteiger partial charge in [-0.25, -0.2) is 0 Å². The predicted molar refractivity (Wildman–Crippen MR) is 79.6 cm³/mol. The standard InChI is InChI=1S/C18H20O/c1-18(2,3)16-11-9-14(10-12-16)13-17(19)15-7-5-4-6-8-15/h4-12H,13H2,1-3H3. The zero-order valence-corrected chi connectivity index (χ0v) is 11.8. The Hall–Kier alpha value is -1.89. The molecule has 0 bridgehead atoms. The Balaban J connectivity index is 2.10. The molecule has 0 N–H and O–H groups in total. The number of ketones is 1. The summed E-state index contributed by atoms with van der Waals surface area (Å²) < 4.78 is 0. The fourth-order valence-corrected chi connectivity index (χ4v) is 2.03. The third-order valence-corrected chi connectivity index (χ3v) is 3.28. The molecule has 0 spiro atoms. The Kier molecular flexibility index (Phi) is 3.84. The molecule has 1 nitrogen and oxygen atoms in total. The molecule has 19 heavy (non-hydrogen) atoms. The van der Waals surface area contributed by atoms with Gasteiger partial charge in [0, 0.05) is 12.0 Å². The predicted octanol–water partition coefficient (Wildman–Crippen LogP) is 4.41. The molecule has 2 aromatic rings. The second-order valence-corrected chi connectivity index (χ2v) is 5.91. The van der Waals surface area contributed by atoms with Crippen LogP contribution in [0.5, 0.6) is 0 Å². The maximum atomic E-state index is 12.1. The van der Waals surface area contributed by atoms with Crippen molar-refractivity contribution in [2.75, 3.05) is 0 Å². The molecule has 2 rings (SSSR count). The minimum atomic E-state index is 0.155. The maximum absolute atomic E-state index is 12.1. The lowest BCUT2D eigenvalue weighted by molar-refractivity contribution is 0.0993. The molecule has 0 saturated carbocycles. The van der Waals surface area contributed by atoms with E-state index in [2.05, 4.69) is 45.0 Å². The zero-order chi connectivity index (χ0) is 13.9. The first-order chi connectivity index (χ1) is 8.97. The van der Waals surface area contributed by atoms with Crippen LogP contribution in [0.3, 0.4) is 0 Å². The van der Waals surface area contributed by atoms with Crippen LogP contribution in [0.15, 0.2) is 54.6 Å². The van der Waals surface area contributed by atoms with Crippen molar-refractivity contribution < 1.29 is 4.79 Å². The van der Waals surface area contributed by atoms with Gasteiger partial charge in [-0.05, 0) is 16.5 Å². The maximum Gasteiger partial charge on any atom is 0.167 e. The molecule has 0 unspecified atom stereocenters. The molecule has 0 aliphatic carbocycles. The van der Waals surface area contributed by atoms with Gasteiger partial charge in [-0.15, -0.1) is 0 Å². The van der Waals surface area contributed by atoms with E-state index < -0.39 is 0 Å². The van der Waals surface area contributed by atoms with Crippen molar-refractivity contribution in [1.29, 1.82) is 0 Å². The van der Waals surface area contributed by atoms with Crippen LogP contribution in [0.1, 0.15) is 42.3 Å². The van der Waals surface area contributed by atoms with Gasteiger partial charge >= 0.3 is 0 Å². The Morgan fingerprint density at radius 2 is 1.47 bits per heavy atom. The molecule has 0 aliphatic rings. The number of benzene rings is 2. The van der Waals surface area contributed by atoms with Crippen molar-refractivity contribution in [3.8, 4) is 0 Å². The van der Waals surface area contributed by atoms with Crippen molar-refractivity contribution >= 4 is 5.78 Å². The topological polar surface area (TPSA) is 17.1 Å². The van der Waals surface area contributed by atoms with Crippen LogP contribution in [0.4, 0.5) is 0 Å². The number of hydrogen-bond donors (Lipinski definition) is 0. The molecular formula is C18H20O. The lowest BCUT2D eigenvalue weighted by atomic mass is 9.86. The minimum absolute atomic E-state index is 0.155. The highest BCUT2D eigenvalue weighted by Crippen LogP contribution is 2.22. The molecule has 0 heterocycles. The number of carbonyl (C=O) groups excluding carboxylic acids is 1. The lowest BCUT2D eigenvalue weighted by Gasteiger charge is -2.19. The van der Waals surface area contributed by atoms with Crippen molar-refractivity contribution in [1.82, 2.24) is 0 Å². The summed E-state index contributed by atoms with van der Waals surface area (Å²) in [5, 5.41) is 0. The summed E-state index contributed by atoms with van der Waals surface area (Å²) in [5.41, 5.74) is 3.30. The molecule has 0 aliphatic heterocycles. The number of rotatable bonds is 3. The van der Waals surface area contributed by atoms with E-state index in [0.717, 1.165) is 11.1 Å². The minimum Gasteiger partial charge on any atom is -0.294 e. The lowest BCUT2D eigenvalue weighted by Crippen LogP contribution is -2.11. The van der Waals surface area contributed by atoms with E-state index in [1.54, 1.807) is 0 Å². The van der Waals surface area contributed by atoms with Gasteiger partial charge in [0.15, 0.2) is 5.78 Å². The first-order valence-corrected chi connectivity index (χ1v) is 6.64. The summed E-state index contributed by atoms with van der Waals surface area (Å²) in [6.07, 6.45) is 0.467. The average molecular weight is 252 g/mol. The molecule has 0 amide bonds. The molecule has 1 heteroatoms. The molecular weight excluding hydrogens is 232 g/mol. The fourth-order valence-electron chi connectivity index (χ4n) is 2.03. The van der Waals surface area contributed by atoms with Crippen LogP contribution in [0, 0.1) is 0 Å². The first kappa shape index (κ1) is 13.5. The Labute approximate surface area is 115 Å². The summed E-state index contributed by atoms with van der Waals surface area (Å²) in [6.45, 7) is 6.57. The monoisotopic (exact) mass is 252 g/mol. The molecule has 0 atom stereocenters. The van der Waals surface area contributed by atoms with Gasteiger partial charge in [0.1, 0.15) is 0 Å². The van der Waals surface area contributed by atoms with Gasteiger partial charge in [-0.1, -0.05) is 75.4 Å². The average Bonchev–Trinajstić information content (AvgIpc) is 2.39. The first-order valence-electron chi connectivity index (χ1n) is 6.64. The second-order valence-electron chi connectivity index (χ2n) is 5.91. The van der Waals surface area contributed by atoms with E-state index in [1.165, 1.54) is 5.56 Å². The van der Waals surface area contributed by atoms with Crippen LogP contribution < -0.4 is 0 Å². The second kappa shape index (κ2) is 5.40. The molecule has 0 saturated heterocycles. The Bertz CT molecular complexity index is 544. The molecule has 0 fully saturated rings. The molecule has 0 radical (unpaired) electrons. The third kappa shape index (κ3) is 3.54. The van der Waals surface area contributed by atoms with Gasteiger partial charge in [-0.2, -0.15) is 0 Å². The van der Waals surface area contributed by atoms with Crippen LogP contribution in [-0.4, -0.2) is 5.78 Å². The number of Topliss-reactive ketones (excluding diaryl/α,β-unsaturated/α-hetero) is 1. The van der Waals surface area contributed by atoms with Gasteiger partial charge in [0.25, 0.3) is 0 Å². The van der Waals surface area contributed by atoms with Crippen LogP contribution in [0.2, 0.25) is 0 Å². The van der Waals surface area contributed by atoms with E-state index in [4.69, 9.17) is 0 Å². The normalized spacial score (nSPS) is 11.3. The Morgan fingerprint density at radius 3 is 2.00 bits per heavy atom. The van der Waals surface area contributed by atoms with Gasteiger partial charge in [-0.3, -0.25) is 4.79 Å². The van der Waals surface area contributed by atoms with Gasteiger partial charge in [0.05, 0.1) is 0 Å². The summed E-state index contributed by atoms with van der Waals surface area (Å²) in [7, 11) is 0. The van der Waals surface area contributed by atoms with E-state index in [-0.39, 0.29) is 11.2 Å². The van der Waals surface area contributed by atoms with Crippen LogP contribution in [-0.2, 0) is 11.8 Å². The van der Waals surface area contributed by atoms with Gasteiger partial charge in [0.2, 0.25) is 0 Å². The number of hydrogen-bond acceptors (Lipinski definition) is 1. The highest BCUT2D eigenvalue weighted by Gasteiger charge is 2.13. The van der Waals surface area contributed by atoms with Crippen molar-refractivity contribution in [2.45, 2.75) is 32.6 Å².